The first-order chi connectivity index (χ1) is 9.66. The molecule has 0 bridgehead atoms. The summed E-state index contributed by atoms with van der Waals surface area (Å²) in [5.74, 6) is 1.14. The van der Waals surface area contributed by atoms with E-state index in [4.69, 9.17) is 4.52 Å². The highest BCUT2D eigenvalue weighted by Gasteiger charge is 2.33. The molecule has 1 aliphatic rings. The Labute approximate surface area is 115 Å². The Kier molecular flexibility index (Phi) is 3.09. The highest BCUT2D eigenvalue weighted by molar-refractivity contribution is 5.59. The van der Waals surface area contributed by atoms with E-state index in [-0.39, 0.29) is 11.7 Å². The van der Waals surface area contributed by atoms with E-state index in [9.17, 15) is 10.1 Å². The summed E-state index contributed by atoms with van der Waals surface area (Å²) in [6.45, 7) is 2.56. The molecule has 3 rings (SSSR count). The van der Waals surface area contributed by atoms with Crippen LogP contribution in [0.25, 0.3) is 0 Å². The Morgan fingerprint density at radius 1 is 1.55 bits per heavy atom. The van der Waals surface area contributed by atoms with Crippen LogP contribution in [0.2, 0.25) is 0 Å². The molecule has 104 valence electrons. The fourth-order valence-electron chi connectivity index (χ4n) is 2.62. The van der Waals surface area contributed by atoms with Gasteiger partial charge in [0.25, 0.3) is 0 Å². The van der Waals surface area contributed by atoms with E-state index in [1.54, 1.807) is 12.3 Å². The van der Waals surface area contributed by atoms with Crippen molar-refractivity contribution in [3.8, 4) is 0 Å². The number of hydrogen-bond acceptors (Lipinski definition) is 6. The zero-order valence-electron chi connectivity index (χ0n) is 11.0. The number of nitro groups is 1. The summed E-state index contributed by atoms with van der Waals surface area (Å²) in [6.07, 6.45) is 3.41. The number of hydrogen-bond donors (Lipinski definition) is 0. The van der Waals surface area contributed by atoms with Gasteiger partial charge in [0.2, 0.25) is 5.82 Å². The number of pyridine rings is 1. The summed E-state index contributed by atoms with van der Waals surface area (Å²) in [7, 11) is 0. The van der Waals surface area contributed by atoms with Crippen LogP contribution in [0.5, 0.6) is 0 Å². The molecule has 0 radical (unpaired) electrons. The maximum Gasteiger partial charge on any atom is 0.311 e. The Bertz CT molecular complexity index is 640. The lowest BCUT2D eigenvalue weighted by molar-refractivity contribution is -0.384. The molecule has 0 aromatic carbocycles. The van der Waals surface area contributed by atoms with Crippen LogP contribution in [0.3, 0.4) is 0 Å². The third kappa shape index (κ3) is 2.11. The van der Waals surface area contributed by atoms with E-state index in [1.165, 1.54) is 6.07 Å². The van der Waals surface area contributed by atoms with Crippen molar-refractivity contribution in [3.63, 3.8) is 0 Å². The third-order valence-electron chi connectivity index (χ3n) is 3.48. The molecular formula is C13H14N4O3. The molecular weight excluding hydrogens is 260 g/mol. The SMILES string of the molecule is Cc1cc([C@H]2CCCN2c2ncccc2[N+](=O)[O-])no1. The molecule has 0 N–H and O–H groups in total. The van der Waals surface area contributed by atoms with Crippen molar-refractivity contribution in [2.45, 2.75) is 25.8 Å². The van der Waals surface area contributed by atoms with Gasteiger partial charge < -0.3 is 9.42 Å². The maximum absolute atomic E-state index is 11.1. The molecule has 2 aromatic heterocycles. The lowest BCUT2D eigenvalue weighted by Gasteiger charge is -2.23. The zero-order valence-corrected chi connectivity index (χ0v) is 11.0. The molecule has 7 heteroatoms. The predicted octanol–water partition coefficient (Wildman–Crippen LogP) is 2.63. The van der Waals surface area contributed by atoms with Gasteiger partial charge in [-0.3, -0.25) is 10.1 Å². The van der Waals surface area contributed by atoms with Crippen molar-refractivity contribution in [2.24, 2.45) is 0 Å². The number of aromatic nitrogens is 2. The molecule has 0 aliphatic carbocycles. The van der Waals surface area contributed by atoms with Gasteiger partial charge in [0.1, 0.15) is 11.5 Å². The van der Waals surface area contributed by atoms with Crippen molar-refractivity contribution in [1.82, 2.24) is 10.1 Å². The van der Waals surface area contributed by atoms with Gasteiger partial charge in [-0.1, -0.05) is 5.16 Å². The molecule has 1 fully saturated rings. The van der Waals surface area contributed by atoms with Crippen LogP contribution in [0.4, 0.5) is 11.5 Å². The van der Waals surface area contributed by atoms with Crippen LogP contribution in [0, 0.1) is 17.0 Å². The van der Waals surface area contributed by atoms with Gasteiger partial charge in [-0.2, -0.15) is 0 Å². The molecule has 0 spiro atoms. The van der Waals surface area contributed by atoms with Gasteiger partial charge in [-0.25, -0.2) is 4.98 Å². The monoisotopic (exact) mass is 274 g/mol. The summed E-state index contributed by atoms with van der Waals surface area (Å²) >= 11 is 0. The molecule has 0 saturated carbocycles. The normalized spacial score (nSPS) is 18.4. The van der Waals surface area contributed by atoms with Crippen LogP contribution >= 0.6 is 0 Å². The fraction of sp³-hybridized carbons (Fsp3) is 0.385. The van der Waals surface area contributed by atoms with Gasteiger partial charge in [0, 0.05) is 24.9 Å². The average molecular weight is 274 g/mol. The third-order valence-corrected chi connectivity index (χ3v) is 3.48. The van der Waals surface area contributed by atoms with Gasteiger partial charge in [0.15, 0.2) is 0 Å². The number of rotatable bonds is 3. The Balaban J connectivity index is 1.99. The standard InChI is InChI=1S/C13H14N4O3/c1-9-8-10(15-20-9)11-5-3-7-16(11)13-12(17(18)19)4-2-6-14-13/h2,4,6,8,11H,3,5,7H2,1H3/t11-/m1/s1. The smallest absolute Gasteiger partial charge is 0.311 e. The second-order valence-corrected chi connectivity index (χ2v) is 4.82. The minimum atomic E-state index is -0.397. The molecule has 7 nitrogen and oxygen atoms in total. The van der Waals surface area contributed by atoms with Crippen molar-refractivity contribution >= 4 is 11.5 Å². The fourth-order valence-corrected chi connectivity index (χ4v) is 2.62. The topological polar surface area (TPSA) is 85.3 Å². The van der Waals surface area contributed by atoms with Crippen LogP contribution in [0.1, 0.15) is 30.3 Å². The minimum absolute atomic E-state index is 0.0129. The first-order valence-electron chi connectivity index (χ1n) is 6.46. The number of anilines is 1. The summed E-state index contributed by atoms with van der Waals surface area (Å²) in [4.78, 5) is 16.9. The van der Waals surface area contributed by atoms with Crippen molar-refractivity contribution in [2.75, 3.05) is 11.4 Å². The van der Waals surface area contributed by atoms with E-state index < -0.39 is 4.92 Å². The number of aryl methyl sites for hydroxylation is 1. The first-order valence-corrected chi connectivity index (χ1v) is 6.46. The van der Waals surface area contributed by atoms with Crippen LogP contribution in [0.15, 0.2) is 28.9 Å². The summed E-state index contributed by atoms with van der Waals surface area (Å²) < 4.78 is 5.11. The second kappa shape index (κ2) is 4.92. The predicted molar refractivity (Wildman–Crippen MR) is 71.5 cm³/mol. The molecule has 1 aliphatic heterocycles. The molecule has 3 heterocycles. The van der Waals surface area contributed by atoms with Crippen LogP contribution in [-0.2, 0) is 0 Å². The van der Waals surface area contributed by atoms with E-state index >= 15 is 0 Å². The Morgan fingerprint density at radius 3 is 3.10 bits per heavy atom. The van der Waals surface area contributed by atoms with Crippen molar-refractivity contribution < 1.29 is 9.45 Å². The second-order valence-electron chi connectivity index (χ2n) is 4.82. The van der Waals surface area contributed by atoms with E-state index in [2.05, 4.69) is 10.1 Å². The zero-order chi connectivity index (χ0) is 14.1. The summed E-state index contributed by atoms with van der Waals surface area (Å²) in [6, 6.07) is 4.91. The molecule has 0 unspecified atom stereocenters. The largest absolute Gasteiger partial charge is 0.361 e. The molecule has 1 saturated heterocycles. The minimum Gasteiger partial charge on any atom is -0.361 e. The van der Waals surface area contributed by atoms with Crippen LogP contribution < -0.4 is 4.90 Å². The van der Waals surface area contributed by atoms with Crippen LogP contribution in [-0.4, -0.2) is 21.6 Å². The van der Waals surface area contributed by atoms with Gasteiger partial charge >= 0.3 is 5.69 Å². The quantitative estimate of drug-likeness (QED) is 0.631. The maximum atomic E-state index is 11.1. The van der Waals surface area contributed by atoms with E-state index in [0.29, 0.717) is 5.82 Å². The summed E-state index contributed by atoms with van der Waals surface area (Å²) in [5, 5.41) is 15.2. The van der Waals surface area contributed by atoms with E-state index in [0.717, 1.165) is 30.8 Å². The molecule has 1 atom stereocenters. The van der Waals surface area contributed by atoms with Crippen molar-refractivity contribution in [1.29, 1.82) is 0 Å². The Morgan fingerprint density at radius 2 is 2.40 bits per heavy atom. The summed E-state index contributed by atoms with van der Waals surface area (Å²) in [5.41, 5.74) is 0.833. The molecule has 0 amide bonds. The molecule has 2 aromatic rings. The van der Waals surface area contributed by atoms with Gasteiger partial charge in [0.05, 0.1) is 11.0 Å². The lowest BCUT2D eigenvalue weighted by Crippen LogP contribution is -2.24. The molecule has 20 heavy (non-hydrogen) atoms. The Hall–Kier alpha value is -2.44. The van der Waals surface area contributed by atoms with Gasteiger partial charge in [-0.15, -0.1) is 0 Å². The first kappa shape index (κ1) is 12.6. The lowest BCUT2D eigenvalue weighted by atomic mass is 10.1. The number of nitrogens with zero attached hydrogens (tertiary/aromatic N) is 4. The highest BCUT2D eigenvalue weighted by Crippen LogP contribution is 2.38. The highest BCUT2D eigenvalue weighted by atomic mass is 16.6. The average Bonchev–Trinajstić information content (AvgIpc) is 3.06. The van der Waals surface area contributed by atoms with E-state index in [1.807, 2.05) is 17.9 Å². The van der Waals surface area contributed by atoms with Gasteiger partial charge in [-0.05, 0) is 25.8 Å². The van der Waals surface area contributed by atoms with Crippen molar-refractivity contribution in [3.05, 3.63) is 46.0 Å².